The van der Waals surface area contributed by atoms with Crippen molar-refractivity contribution < 1.29 is 14.7 Å². The molecule has 5 heteroatoms. The molecule has 1 aliphatic rings. The fourth-order valence-corrected chi connectivity index (χ4v) is 2.97. The second kappa shape index (κ2) is 4.70. The van der Waals surface area contributed by atoms with E-state index in [1.807, 2.05) is 13.0 Å². The van der Waals surface area contributed by atoms with Crippen molar-refractivity contribution in [1.82, 2.24) is 5.32 Å². The van der Waals surface area contributed by atoms with Crippen LogP contribution in [0.15, 0.2) is 23.9 Å². The molecule has 1 amide bonds. The Hall–Kier alpha value is -1.81. The first-order valence-corrected chi connectivity index (χ1v) is 6.21. The molecular formula is C14H14ClNO3. The van der Waals surface area contributed by atoms with E-state index in [1.165, 1.54) is 0 Å². The van der Waals surface area contributed by atoms with Gasteiger partial charge in [0.05, 0.1) is 6.42 Å². The molecule has 100 valence electrons. The van der Waals surface area contributed by atoms with Crippen molar-refractivity contribution in [2.24, 2.45) is 0 Å². The largest absolute Gasteiger partial charge is 0.481 e. The molecule has 0 aromatic heterocycles. The van der Waals surface area contributed by atoms with Gasteiger partial charge in [-0.3, -0.25) is 9.59 Å². The molecule has 2 N–H and O–H groups in total. The van der Waals surface area contributed by atoms with Crippen molar-refractivity contribution in [2.45, 2.75) is 25.7 Å². The van der Waals surface area contributed by atoms with Crippen LogP contribution in [-0.2, 0) is 15.0 Å². The van der Waals surface area contributed by atoms with E-state index in [0.29, 0.717) is 17.1 Å². The van der Waals surface area contributed by atoms with Gasteiger partial charge in [0, 0.05) is 16.1 Å². The van der Waals surface area contributed by atoms with Crippen LogP contribution >= 0.6 is 11.6 Å². The Kier molecular flexibility index (Phi) is 3.37. The average molecular weight is 280 g/mol. The lowest BCUT2D eigenvalue weighted by Gasteiger charge is -2.27. The maximum Gasteiger partial charge on any atom is 0.304 e. The summed E-state index contributed by atoms with van der Waals surface area (Å²) in [5.74, 6) is -0.923. The Morgan fingerprint density at radius 1 is 1.53 bits per heavy atom. The highest BCUT2D eigenvalue weighted by atomic mass is 35.5. The smallest absolute Gasteiger partial charge is 0.304 e. The second-order valence-corrected chi connectivity index (χ2v) is 5.29. The van der Waals surface area contributed by atoms with Crippen molar-refractivity contribution >= 4 is 29.6 Å². The van der Waals surface area contributed by atoms with E-state index in [-0.39, 0.29) is 6.42 Å². The van der Waals surface area contributed by atoms with Gasteiger partial charge < -0.3 is 10.4 Å². The number of carbonyl (C=O) groups is 2. The van der Waals surface area contributed by atoms with Crippen molar-refractivity contribution in [2.75, 3.05) is 0 Å². The Bertz CT molecular complexity index is 594. The molecule has 0 saturated heterocycles. The number of nitrogens with one attached hydrogen (secondary N) is 1. The van der Waals surface area contributed by atoms with Crippen LogP contribution in [0.1, 0.15) is 31.4 Å². The number of aliphatic carboxylic acids is 1. The number of hydrogen-bond acceptors (Lipinski definition) is 2. The van der Waals surface area contributed by atoms with Crippen LogP contribution in [-0.4, -0.2) is 17.5 Å². The molecule has 1 unspecified atom stereocenters. The maximum atomic E-state index is 11.1. The molecule has 0 radical (unpaired) electrons. The number of allylic oxidation sites excluding steroid dienone is 2. The summed E-state index contributed by atoms with van der Waals surface area (Å²) in [5.41, 5.74) is 2.50. The van der Waals surface area contributed by atoms with Crippen LogP contribution in [0.2, 0.25) is 5.02 Å². The maximum absolute atomic E-state index is 11.1. The van der Waals surface area contributed by atoms with Crippen LogP contribution in [0.25, 0.3) is 5.57 Å². The van der Waals surface area contributed by atoms with E-state index in [0.717, 1.165) is 16.7 Å². The Morgan fingerprint density at radius 2 is 2.21 bits per heavy atom. The molecule has 1 aromatic rings. The minimum atomic E-state index is -0.923. The van der Waals surface area contributed by atoms with Gasteiger partial charge in [-0.2, -0.15) is 0 Å². The van der Waals surface area contributed by atoms with Gasteiger partial charge in [-0.05, 0) is 42.7 Å². The molecule has 19 heavy (non-hydrogen) atoms. The molecule has 0 aliphatic heterocycles. The minimum Gasteiger partial charge on any atom is -0.481 e. The normalized spacial score (nSPS) is 21.2. The molecule has 0 spiro atoms. The number of rotatable bonds is 4. The number of hydrogen-bond donors (Lipinski definition) is 2. The third-order valence-corrected chi connectivity index (χ3v) is 3.85. The number of carbonyl (C=O) groups excluding carboxylic acids is 1. The summed E-state index contributed by atoms with van der Waals surface area (Å²) in [6.07, 6.45) is 0.472. The number of amides is 1. The summed E-state index contributed by atoms with van der Waals surface area (Å²) in [6, 6.07) is 5.38. The van der Waals surface area contributed by atoms with Crippen LogP contribution in [0.3, 0.4) is 0 Å². The van der Waals surface area contributed by atoms with Crippen LogP contribution in [0.5, 0.6) is 0 Å². The Morgan fingerprint density at radius 3 is 2.79 bits per heavy atom. The molecule has 0 fully saturated rings. The second-order valence-electron chi connectivity index (χ2n) is 4.85. The minimum absolute atomic E-state index is 0.103. The van der Waals surface area contributed by atoms with E-state index in [9.17, 15) is 9.59 Å². The average Bonchev–Trinajstić information content (AvgIpc) is 2.51. The number of benzene rings is 1. The summed E-state index contributed by atoms with van der Waals surface area (Å²) >= 11 is 6.00. The van der Waals surface area contributed by atoms with Crippen LogP contribution in [0.4, 0.5) is 0 Å². The molecule has 1 aliphatic carbocycles. The summed E-state index contributed by atoms with van der Waals surface area (Å²) in [5, 5.41) is 12.3. The molecule has 4 nitrogen and oxygen atoms in total. The van der Waals surface area contributed by atoms with Gasteiger partial charge in [-0.1, -0.05) is 17.7 Å². The standard InChI is InChI=1S/C14H14ClNO3/c1-8-10-4-3-9(15)5-11(10)14(2,6-12(18)19)13(8)16-7-17/h3-5,7H,6H2,1-2H3,(H,16,17)(H,18,19). The van der Waals surface area contributed by atoms with Gasteiger partial charge in [0.25, 0.3) is 0 Å². The summed E-state index contributed by atoms with van der Waals surface area (Å²) in [6.45, 7) is 3.67. The van der Waals surface area contributed by atoms with Gasteiger partial charge >= 0.3 is 5.97 Å². The molecule has 1 aromatic carbocycles. The predicted octanol–water partition coefficient (Wildman–Crippen LogP) is 2.56. The van der Waals surface area contributed by atoms with E-state index in [4.69, 9.17) is 16.7 Å². The van der Waals surface area contributed by atoms with E-state index in [2.05, 4.69) is 5.32 Å². The third kappa shape index (κ3) is 2.12. The van der Waals surface area contributed by atoms with Gasteiger partial charge in [-0.15, -0.1) is 0 Å². The third-order valence-electron chi connectivity index (χ3n) is 3.61. The number of carboxylic acids is 1. The van der Waals surface area contributed by atoms with Gasteiger partial charge in [0.15, 0.2) is 0 Å². The molecule has 0 saturated carbocycles. The Balaban J connectivity index is 2.65. The highest BCUT2D eigenvalue weighted by Gasteiger charge is 2.42. The fraction of sp³-hybridized carbons (Fsp3) is 0.286. The highest BCUT2D eigenvalue weighted by Crippen LogP contribution is 2.47. The topological polar surface area (TPSA) is 66.4 Å². The fourth-order valence-electron chi connectivity index (χ4n) is 2.80. The first-order valence-electron chi connectivity index (χ1n) is 5.84. The van der Waals surface area contributed by atoms with Crippen LogP contribution in [0, 0.1) is 0 Å². The summed E-state index contributed by atoms with van der Waals surface area (Å²) in [4.78, 5) is 21.9. The van der Waals surface area contributed by atoms with Crippen molar-refractivity contribution in [1.29, 1.82) is 0 Å². The van der Waals surface area contributed by atoms with E-state index < -0.39 is 11.4 Å². The van der Waals surface area contributed by atoms with E-state index >= 15 is 0 Å². The predicted molar refractivity (Wildman–Crippen MR) is 72.9 cm³/mol. The van der Waals surface area contributed by atoms with Crippen molar-refractivity contribution in [3.05, 3.63) is 40.0 Å². The van der Waals surface area contributed by atoms with Crippen molar-refractivity contribution in [3.8, 4) is 0 Å². The lowest BCUT2D eigenvalue weighted by molar-refractivity contribution is -0.138. The summed E-state index contributed by atoms with van der Waals surface area (Å²) < 4.78 is 0. The SMILES string of the molecule is CC1=C(NC=O)C(C)(CC(=O)O)c2cc(Cl)ccc21. The number of carboxylic acid groups (broad SMARTS) is 1. The first-order chi connectivity index (χ1) is 8.90. The van der Waals surface area contributed by atoms with Crippen molar-refractivity contribution in [3.63, 3.8) is 0 Å². The quantitative estimate of drug-likeness (QED) is 0.833. The molecule has 0 bridgehead atoms. The highest BCUT2D eigenvalue weighted by molar-refractivity contribution is 6.30. The molecule has 1 atom stereocenters. The monoisotopic (exact) mass is 279 g/mol. The Labute approximate surface area is 116 Å². The zero-order valence-corrected chi connectivity index (χ0v) is 11.4. The van der Waals surface area contributed by atoms with Gasteiger partial charge in [0.1, 0.15) is 0 Å². The molecular weight excluding hydrogens is 266 g/mol. The lowest BCUT2D eigenvalue weighted by Crippen LogP contribution is -2.32. The zero-order valence-electron chi connectivity index (χ0n) is 10.7. The summed E-state index contributed by atoms with van der Waals surface area (Å²) in [7, 11) is 0. The lowest BCUT2D eigenvalue weighted by atomic mass is 9.79. The van der Waals surface area contributed by atoms with E-state index in [1.54, 1.807) is 19.1 Å². The van der Waals surface area contributed by atoms with Gasteiger partial charge in [0.2, 0.25) is 6.41 Å². The molecule has 0 heterocycles. The number of fused-ring (bicyclic) bond motifs is 1. The first kappa shape index (κ1) is 13.6. The molecule has 2 rings (SSSR count). The van der Waals surface area contributed by atoms with Gasteiger partial charge in [-0.25, -0.2) is 0 Å². The zero-order chi connectivity index (χ0) is 14.2. The van der Waals surface area contributed by atoms with Crippen LogP contribution < -0.4 is 5.32 Å². The number of halogens is 1.